The molecule has 11 heteroatoms. The van der Waals surface area contributed by atoms with E-state index in [9.17, 15) is 22.8 Å². The minimum atomic E-state index is -4.47. The molecular formula is C32H30F3N3O4S. The Morgan fingerprint density at radius 3 is 2.42 bits per heavy atom. The molecule has 0 N–H and O–H groups in total. The first-order chi connectivity index (χ1) is 20.4. The molecule has 3 heterocycles. The molecule has 224 valence electrons. The molecule has 0 bridgehead atoms. The van der Waals surface area contributed by atoms with E-state index < -0.39 is 23.8 Å². The van der Waals surface area contributed by atoms with Crippen LogP contribution >= 0.6 is 11.3 Å². The summed E-state index contributed by atoms with van der Waals surface area (Å²) in [7, 11) is 0. The van der Waals surface area contributed by atoms with Crippen molar-refractivity contribution in [3.05, 3.63) is 114 Å². The maximum Gasteiger partial charge on any atom is 0.416 e. The van der Waals surface area contributed by atoms with Gasteiger partial charge in [0.05, 0.1) is 40.6 Å². The summed E-state index contributed by atoms with van der Waals surface area (Å²) in [5.41, 5.74) is 2.76. The molecule has 1 atom stereocenters. The molecule has 0 radical (unpaired) electrons. The Bertz CT molecular complexity index is 1910. The second-order valence-electron chi connectivity index (χ2n) is 10.0. The van der Waals surface area contributed by atoms with Gasteiger partial charge in [-0.25, -0.2) is 9.79 Å². The van der Waals surface area contributed by atoms with Crippen LogP contribution in [0.4, 0.5) is 13.2 Å². The summed E-state index contributed by atoms with van der Waals surface area (Å²) in [6.45, 7) is 9.56. The van der Waals surface area contributed by atoms with Crippen LogP contribution in [0, 0.1) is 13.8 Å². The van der Waals surface area contributed by atoms with Crippen LogP contribution in [-0.4, -0.2) is 28.3 Å². The molecule has 1 aliphatic rings. The van der Waals surface area contributed by atoms with E-state index in [1.54, 1.807) is 56.5 Å². The lowest BCUT2D eigenvalue weighted by atomic mass is 9.96. The van der Waals surface area contributed by atoms with E-state index in [4.69, 9.17) is 9.47 Å². The van der Waals surface area contributed by atoms with E-state index in [0.717, 1.165) is 12.1 Å². The van der Waals surface area contributed by atoms with Gasteiger partial charge in [-0.1, -0.05) is 29.5 Å². The third-order valence-electron chi connectivity index (χ3n) is 7.21. The van der Waals surface area contributed by atoms with E-state index in [0.29, 0.717) is 55.6 Å². The molecule has 1 aliphatic heterocycles. The van der Waals surface area contributed by atoms with Crippen molar-refractivity contribution >= 4 is 23.4 Å². The lowest BCUT2D eigenvalue weighted by Crippen LogP contribution is -2.39. The number of benzene rings is 2. The minimum Gasteiger partial charge on any atom is -0.494 e. The number of aryl methyl sites for hydroxylation is 1. The zero-order valence-electron chi connectivity index (χ0n) is 24.3. The Kier molecular flexibility index (Phi) is 8.20. The van der Waals surface area contributed by atoms with E-state index in [2.05, 4.69) is 4.99 Å². The van der Waals surface area contributed by atoms with Gasteiger partial charge in [0.15, 0.2) is 4.80 Å². The maximum atomic E-state index is 14.0. The summed E-state index contributed by atoms with van der Waals surface area (Å²) >= 11 is 1.18. The van der Waals surface area contributed by atoms with Crippen LogP contribution < -0.4 is 19.6 Å². The molecule has 0 spiro atoms. The largest absolute Gasteiger partial charge is 0.494 e. The first-order valence-electron chi connectivity index (χ1n) is 13.7. The van der Waals surface area contributed by atoms with Crippen LogP contribution in [0.15, 0.2) is 75.7 Å². The first kappa shape index (κ1) is 30.1. The van der Waals surface area contributed by atoms with Gasteiger partial charge in [0, 0.05) is 17.1 Å². The molecule has 0 unspecified atom stereocenters. The van der Waals surface area contributed by atoms with Gasteiger partial charge in [0.1, 0.15) is 5.75 Å². The summed E-state index contributed by atoms with van der Waals surface area (Å²) < 4.78 is 54.7. The van der Waals surface area contributed by atoms with E-state index in [1.165, 1.54) is 22.0 Å². The number of carbonyl (C=O) groups is 1. The highest BCUT2D eigenvalue weighted by molar-refractivity contribution is 7.07. The van der Waals surface area contributed by atoms with Gasteiger partial charge in [-0.05, 0) is 88.2 Å². The van der Waals surface area contributed by atoms with Gasteiger partial charge in [-0.15, -0.1) is 0 Å². The maximum absolute atomic E-state index is 14.0. The lowest BCUT2D eigenvalue weighted by Gasteiger charge is -2.24. The number of allylic oxidation sites excluding steroid dienone is 1. The number of halogens is 3. The zero-order valence-corrected chi connectivity index (χ0v) is 25.1. The SMILES string of the molecule is CCOC(=O)C1=C(C)N=c2s/c(=C/c3cc(C)n(-c4cccc(C(F)(F)F)c4)c3C)c(=O)n2[C@@H]1c1ccc(OCC)cc1. The lowest BCUT2D eigenvalue weighted by molar-refractivity contribution is -0.139. The van der Waals surface area contributed by atoms with Crippen LogP contribution in [0.1, 0.15) is 54.9 Å². The van der Waals surface area contributed by atoms with Crippen LogP contribution in [-0.2, 0) is 15.7 Å². The summed E-state index contributed by atoms with van der Waals surface area (Å²) in [4.78, 5) is 32.1. The second kappa shape index (κ2) is 11.7. The molecule has 7 nitrogen and oxygen atoms in total. The molecule has 0 saturated heterocycles. The number of ether oxygens (including phenoxy) is 2. The number of fused-ring (bicyclic) bond motifs is 1. The van der Waals surface area contributed by atoms with Crippen LogP contribution in [0.25, 0.3) is 11.8 Å². The number of rotatable bonds is 7. The number of alkyl halides is 3. The molecule has 0 amide bonds. The molecule has 2 aromatic carbocycles. The number of hydrogen-bond acceptors (Lipinski definition) is 6. The van der Waals surface area contributed by atoms with E-state index in [1.807, 2.05) is 25.1 Å². The number of nitrogens with zero attached hydrogens (tertiary/aromatic N) is 3. The monoisotopic (exact) mass is 609 g/mol. The van der Waals surface area contributed by atoms with Crippen molar-refractivity contribution in [2.45, 2.75) is 46.8 Å². The highest BCUT2D eigenvalue weighted by Gasteiger charge is 2.34. The van der Waals surface area contributed by atoms with Crippen LogP contribution in [0.2, 0.25) is 0 Å². The van der Waals surface area contributed by atoms with Crippen molar-refractivity contribution in [3.63, 3.8) is 0 Å². The van der Waals surface area contributed by atoms with Crippen molar-refractivity contribution in [1.82, 2.24) is 9.13 Å². The quantitative estimate of drug-likeness (QED) is 0.255. The standard InChI is InChI=1S/C32H30F3N3O4S/c1-6-41-25-13-11-21(12-14-25)28-27(30(40)42-7-2)19(4)36-31-38(28)29(39)26(43-31)16-22-15-18(3)37(20(22)5)24-10-8-9-23(17-24)32(33,34)35/h8-17,28H,6-7H2,1-5H3/b26-16+/t28-/m1/s1. The molecule has 0 saturated carbocycles. The van der Waals surface area contributed by atoms with Crippen molar-refractivity contribution < 1.29 is 27.4 Å². The fourth-order valence-corrected chi connectivity index (χ4v) is 6.35. The number of esters is 1. The number of thiazole rings is 1. The third kappa shape index (κ3) is 5.69. The van der Waals surface area contributed by atoms with Gasteiger partial charge in [0.2, 0.25) is 0 Å². The molecule has 0 aliphatic carbocycles. The highest BCUT2D eigenvalue weighted by atomic mass is 32.1. The van der Waals surface area contributed by atoms with Gasteiger partial charge in [-0.2, -0.15) is 13.2 Å². The fraction of sp³-hybridized carbons (Fsp3) is 0.281. The van der Waals surface area contributed by atoms with Crippen molar-refractivity contribution in [3.8, 4) is 11.4 Å². The summed E-state index contributed by atoms with van der Waals surface area (Å²) in [5.74, 6) is 0.106. The Hall–Kier alpha value is -4.38. The predicted molar refractivity (Wildman–Crippen MR) is 158 cm³/mol. The fourth-order valence-electron chi connectivity index (χ4n) is 5.31. The molecule has 0 fully saturated rings. The molecule has 5 rings (SSSR count). The average Bonchev–Trinajstić information content (AvgIpc) is 3.41. The number of aromatic nitrogens is 2. The highest BCUT2D eigenvalue weighted by Crippen LogP contribution is 2.33. The van der Waals surface area contributed by atoms with Crippen molar-refractivity contribution in [2.75, 3.05) is 13.2 Å². The Labute approximate surface area is 249 Å². The summed E-state index contributed by atoms with van der Waals surface area (Å²) in [6.07, 6.45) is -2.75. The second-order valence-corrected chi connectivity index (χ2v) is 11.0. The topological polar surface area (TPSA) is 74.8 Å². The van der Waals surface area contributed by atoms with Gasteiger partial charge < -0.3 is 14.0 Å². The first-order valence-corrected chi connectivity index (χ1v) is 14.5. The minimum absolute atomic E-state index is 0.164. The predicted octanol–water partition coefficient (Wildman–Crippen LogP) is 5.62. The van der Waals surface area contributed by atoms with E-state index in [-0.39, 0.29) is 17.7 Å². The van der Waals surface area contributed by atoms with Crippen molar-refractivity contribution in [1.29, 1.82) is 0 Å². The van der Waals surface area contributed by atoms with Gasteiger partial charge >= 0.3 is 12.1 Å². The summed E-state index contributed by atoms with van der Waals surface area (Å²) in [6, 6.07) is 13.4. The van der Waals surface area contributed by atoms with Crippen LogP contribution in [0.5, 0.6) is 5.75 Å². The van der Waals surface area contributed by atoms with Crippen molar-refractivity contribution in [2.24, 2.45) is 4.99 Å². The van der Waals surface area contributed by atoms with Gasteiger partial charge in [-0.3, -0.25) is 9.36 Å². The third-order valence-corrected chi connectivity index (χ3v) is 8.20. The van der Waals surface area contributed by atoms with Gasteiger partial charge in [0.25, 0.3) is 5.56 Å². The molecule has 2 aromatic heterocycles. The Morgan fingerprint density at radius 2 is 1.77 bits per heavy atom. The molecular weight excluding hydrogens is 579 g/mol. The summed E-state index contributed by atoms with van der Waals surface area (Å²) in [5, 5.41) is 0. The molecule has 4 aromatic rings. The smallest absolute Gasteiger partial charge is 0.416 e. The zero-order chi connectivity index (χ0) is 31.1. The number of hydrogen-bond donors (Lipinski definition) is 0. The normalized spacial score (nSPS) is 15.3. The Balaban J connectivity index is 1.65. The molecule has 43 heavy (non-hydrogen) atoms. The number of carbonyl (C=O) groups excluding carboxylic acids is 1. The average molecular weight is 610 g/mol. The van der Waals surface area contributed by atoms with E-state index >= 15 is 0 Å². The Morgan fingerprint density at radius 1 is 1.05 bits per heavy atom. The van der Waals surface area contributed by atoms with Crippen LogP contribution in [0.3, 0.4) is 0 Å².